The highest BCUT2D eigenvalue weighted by atomic mass is 32.2. The monoisotopic (exact) mass is 351 g/mol. The molecule has 0 amide bonds. The number of sulfonamides is 1. The van der Waals surface area contributed by atoms with Gasteiger partial charge in [-0.2, -0.15) is 0 Å². The molecule has 0 saturated carbocycles. The van der Waals surface area contributed by atoms with Crippen LogP contribution in [0.15, 0.2) is 53.4 Å². The first-order valence-corrected chi connectivity index (χ1v) is 7.96. The second-order valence-electron chi connectivity index (χ2n) is 4.54. The predicted molar refractivity (Wildman–Crippen MR) is 80.8 cm³/mol. The number of carbonyl (C=O) groups excluding carboxylic acids is 1. The predicted octanol–water partition coefficient (Wildman–Crippen LogP) is 0.524. The summed E-state index contributed by atoms with van der Waals surface area (Å²) >= 11 is 0. The summed E-state index contributed by atoms with van der Waals surface area (Å²) in [5.41, 5.74) is -0.00229. The second kappa shape index (κ2) is 6.96. The van der Waals surface area contributed by atoms with Crippen molar-refractivity contribution in [1.82, 2.24) is 0 Å². The molecule has 0 heterocycles. The molecule has 0 spiro atoms. The number of benzene rings is 2. The van der Waals surface area contributed by atoms with E-state index >= 15 is 0 Å². The first kappa shape index (κ1) is 17.2. The Bertz CT molecular complexity index is 846. The van der Waals surface area contributed by atoms with Gasteiger partial charge in [-0.25, -0.2) is 8.42 Å². The van der Waals surface area contributed by atoms with E-state index in [1.54, 1.807) is 0 Å². The normalized spacial score (nSPS) is 10.8. The van der Waals surface area contributed by atoms with Crippen LogP contribution in [-0.4, -0.2) is 25.9 Å². The fourth-order valence-corrected chi connectivity index (χ4v) is 2.78. The Balaban J connectivity index is 2.11. The van der Waals surface area contributed by atoms with Gasteiger partial charge in [0.15, 0.2) is 0 Å². The van der Waals surface area contributed by atoms with Crippen LogP contribution in [0.3, 0.4) is 0 Å². The summed E-state index contributed by atoms with van der Waals surface area (Å²) < 4.78 is 31.5. The van der Waals surface area contributed by atoms with E-state index in [0.29, 0.717) is 0 Å². The van der Waals surface area contributed by atoms with Crippen molar-refractivity contribution < 1.29 is 28.0 Å². The topological polar surface area (TPSA) is 139 Å². The molecule has 2 aromatic rings. The third-order valence-electron chi connectivity index (χ3n) is 2.82. The Morgan fingerprint density at radius 2 is 1.67 bits per heavy atom. The van der Waals surface area contributed by atoms with Gasteiger partial charge in [0.2, 0.25) is 0 Å². The highest BCUT2D eigenvalue weighted by Crippen LogP contribution is 2.21. The molecule has 1 N–H and O–H groups in total. The molecule has 24 heavy (non-hydrogen) atoms. The lowest BCUT2D eigenvalue weighted by Gasteiger charge is -2.10. The maximum absolute atomic E-state index is 12.2. The number of ether oxygens (including phenoxy) is 1. The number of aliphatic carboxylic acids is 1. The zero-order chi connectivity index (χ0) is 17.7. The molecule has 2 rings (SSSR count). The van der Waals surface area contributed by atoms with Crippen LogP contribution in [0.5, 0.6) is 5.75 Å². The van der Waals surface area contributed by atoms with Gasteiger partial charge in [0.1, 0.15) is 12.4 Å². The van der Waals surface area contributed by atoms with E-state index in [1.165, 1.54) is 24.3 Å². The molecule has 2 aromatic carbocycles. The summed E-state index contributed by atoms with van der Waals surface area (Å²) in [6.07, 6.45) is 0. The van der Waals surface area contributed by atoms with E-state index < -0.39 is 27.5 Å². The van der Waals surface area contributed by atoms with Gasteiger partial charge in [-0.3, -0.25) is 14.8 Å². The molecule has 0 unspecified atom stereocenters. The molecular formula is C14H11N2O7S-. The first-order chi connectivity index (χ1) is 11.3. The van der Waals surface area contributed by atoms with Crippen LogP contribution in [0.1, 0.15) is 0 Å². The number of hydrogen-bond donors (Lipinski definition) is 1. The van der Waals surface area contributed by atoms with Crippen molar-refractivity contribution in [2.24, 2.45) is 0 Å². The van der Waals surface area contributed by atoms with Crippen LogP contribution in [-0.2, 0) is 14.8 Å². The third-order valence-corrected chi connectivity index (χ3v) is 4.22. The number of hydrogen-bond acceptors (Lipinski definition) is 7. The molecule has 10 heteroatoms. The summed E-state index contributed by atoms with van der Waals surface area (Å²) in [4.78, 5) is 20.1. The van der Waals surface area contributed by atoms with Crippen molar-refractivity contribution in [3.05, 3.63) is 58.6 Å². The minimum atomic E-state index is -3.91. The number of nitrogens with zero attached hydrogens (tertiary/aromatic N) is 1. The van der Waals surface area contributed by atoms with Gasteiger partial charge in [0.25, 0.3) is 15.7 Å². The van der Waals surface area contributed by atoms with Gasteiger partial charge in [0, 0.05) is 17.8 Å². The molecule has 9 nitrogen and oxygen atoms in total. The van der Waals surface area contributed by atoms with E-state index in [9.17, 15) is 28.4 Å². The number of carboxylic acids is 1. The maximum Gasteiger partial charge on any atom is 0.269 e. The first-order valence-electron chi connectivity index (χ1n) is 6.48. The van der Waals surface area contributed by atoms with Crippen LogP contribution in [0, 0.1) is 10.1 Å². The van der Waals surface area contributed by atoms with Gasteiger partial charge in [-0.1, -0.05) is 0 Å². The highest BCUT2D eigenvalue weighted by molar-refractivity contribution is 7.92. The molecule has 0 bridgehead atoms. The fraction of sp³-hybridized carbons (Fsp3) is 0.0714. The molecule has 0 aliphatic heterocycles. The number of nitro benzene ring substituents is 1. The zero-order valence-corrected chi connectivity index (χ0v) is 12.9. The number of anilines is 1. The number of carbonyl (C=O) groups is 1. The molecule has 0 atom stereocenters. The van der Waals surface area contributed by atoms with Crippen LogP contribution in [0.25, 0.3) is 0 Å². The molecular weight excluding hydrogens is 340 g/mol. The van der Waals surface area contributed by atoms with Gasteiger partial charge in [0.05, 0.1) is 15.8 Å². The van der Waals surface area contributed by atoms with Crippen molar-refractivity contribution in [3.63, 3.8) is 0 Å². The highest BCUT2D eigenvalue weighted by Gasteiger charge is 2.16. The average molecular weight is 351 g/mol. The Morgan fingerprint density at radius 3 is 2.17 bits per heavy atom. The van der Waals surface area contributed by atoms with Gasteiger partial charge >= 0.3 is 0 Å². The van der Waals surface area contributed by atoms with Crippen molar-refractivity contribution >= 4 is 27.4 Å². The van der Waals surface area contributed by atoms with Crippen LogP contribution in [0.4, 0.5) is 11.4 Å². The SMILES string of the molecule is O=C([O-])COc1ccc(NS(=O)(=O)c2ccc([N+](=O)[O-])cc2)cc1. The standard InChI is InChI=1S/C14H12N2O7S/c17-14(18)9-23-12-5-1-10(2-6-12)15-24(21,22)13-7-3-11(4-8-13)16(19)20/h1-8,15H,9H2,(H,17,18)/p-1. The van der Waals surface area contributed by atoms with E-state index in [-0.39, 0.29) is 22.0 Å². The second-order valence-corrected chi connectivity index (χ2v) is 6.22. The summed E-state index contributed by atoms with van der Waals surface area (Å²) in [5, 5.41) is 20.8. The molecule has 0 radical (unpaired) electrons. The molecule has 0 aliphatic rings. The minimum Gasteiger partial charge on any atom is -0.546 e. The maximum atomic E-state index is 12.2. The summed E-state index contributed by atoms with van der Waals surface area (Å²) in [6.45, 7) is -0.617. The Morgan fingerprint density at radius 1 is 1.08 bits per heavy atom. The number of rotatable bonds is 7. The molecule has 0 aromatic heterocycles. The number of non-ortho nitro benzene ring substituents is 1. The lowest BCUT2D eigenvalue weighted by atomic mass is 10.3. The Hall–Kier alpha value is -3.14. The zero-order valence-electron chi connectivity index (χ0n) is 12.0. The smallest absolute Gasteiger partial charge is 0.269 e. The molecule has 0 aliphatic carbocycles. The number of nitro groups is 1. The lowest BCUT2D eigenvalue weighted by Crippen LogP contribution is -2.28. The number of carboxylic acid groups (broad SMARTS) is 1. The van der Waals surface area contributed by atoms with Crippen molar-refractivity contribution in [2.75, 3.05) is 11.3 Å². The van der Waals surface area contributed by atoms with E-state index in [1.807, 2.05) is 0 Å². The van der Waals surface area contributed by atoms with Crippen LogP contribution in [0.2, 0.25) is 0 Å². The van der Waals surface area contributed by atoms with Crippen LogP contribution >= 0.6 is 0 Å². The Labute approximate surface area is 136 Å². The number of nitrogens with one attached hydrogen (secondary N) is 1. The summed E-state index contributed by atoms with van der Waals surface area (Å²) in [5.74, 6) is -1.14. The minimum absolute atomic E-state index is 0.134. The van der Waals surface area contributed by atoms with Gasteiger partial charge < -0.3 is 14.6 Å². The van der Waals surface area contributed by atoms with E-state index in [4.69, 9.17) is 4.74 Å². The summed E-state index contributed by atoms with van der Waals surface area (Å²) in [7, 11) is -3.91. The van der Waals surface area contributed by atoms with Gasteiger partial charge in [-0.05, 0) is 36.4 Å². The van der Waals surface area contributed by atoms with Crippen molar-refractivity contribution in [2.45, 2.75) is 4.90 Å². The van der Waals surface area contributed by atoms with E-state index in [0.717, 1.165) is 24.3 Å². The largest absolute Gasteiger partial charge is 0.546 e. The third kappa shape index (κ3) is 4.43. The molecule has 0 saturated heterocycles. The van der Waals surface area contributed by atoms with Crippen molar-refractivity contribution in [1.29, 1.82) is 0 Å². The average Bonchev–Trinajstić information content (AvgIpc) is 2.54. The summed E-state index contributed by atoms with van der Waals surface area (Å²) in [6, 6.07) is 9.96. The quantitative estimate of drug-likeness (QED) is 0.567. The van der Waals surface area contributed by atoms with E-state index in [2.05, 4.69) is 4.72 Å². The molecule has 0 fully saturated rings. The molecule has 126 valence electrons. The fourth-order valence-electron chi connectivity index (χ4n) is 1.72. The lowest BCUT2D eigenvalue weighted by molar-refractivity contribution is -0.384. The van der Waals surface area contributed by atoms with Crippen LogP contribution < -0.4 is 14.6 Å². The van der Waals surface area contributed by atoms with Gasteiger partial charge in [-0.15, -0.1) is 0 Å². The van der Waals surface area contributed by atoms with Crippen molar-refractivity contribution in [3.8, 4) is 5.75 Å². The Kier molecular flexibility index (Phi) is 4.99.